The van der Waals surface area contributed by atoms with Gasteiger partial charge in [-0.15, -0.1) is 6.42 Å². The van der Waals surface area contributed by atoms with E-state index in [-0.39, 0.29) is 11.4 Å². The first-order valence-corrected chi connectivity index (χ1v) is 5.96. The van der Waals surface area contributed by atoms with Crippen molar-refractivity contribution in [3.05, 3.63) is 30.3 Å². The van der Waals surface area contributed by atoms with Crippen molar-refractivity contribution in [2.75, 3.05) is 6.54 Å². The Hall–Kier alpha value is -1.80. The predicted octanol–water partition coefficient (Wildman–Crippen LogP) is 0.857. The van der Waals surface area contributed by atoms with Crippen molar-refractivity contribution in [2.45, 2.75) is 11.8 Å². The number of carbonyl (C=O) groups excluding carboxylic acids is 1. The van der Waals surface area contributed by atoms with Crippen LogP contribution in [0.25, 0.3) is 0 Å². The first-order valence-electron chi connectivity index (χ1n) is 4.52. The molecule has 0 fully saturated rings. The van der Waals surface area contributed by atoms with Crippen molar-refractivity contribution in [2.24, 2.45) is 0 Å². The van der Waals surface area contributed by atoms with Crippen molar-refractivity contribution < 1.29 is 13.2 Å². The van der Waals surface area contributed by atoms with Gasteiger partial charge in [0.15, 0.2) is 0 Å². The lowest BCUT2D eigenvalue weighted by Crippen LogP contribution is -2.35. The van der Waals surface area contributed by atoms with Crippen LogP contribution < -0.4 is 0 Å². The molecule has 0 radical (unpaired) electrons. The Morgan fingerprint density at radius 2 is 1.94 bits per heavy atom. The highest BCUT2D eigenvalue weighted by Crippen LogP contribution is 2.14. The number of terminal acetylenes is 1. The molecule has 0 saturated carbocycles. The summed E-state index contributed by atoms with van der Waals surface area (Å²) >= 11 is 0. The number of nitrogens with zero attached hydrogens (tertiary/aromatic N) is 1. The summed E-state index contributed by atoms with van der Waals surface area (Å²) in [5.41, 5.74) is 0. The number of hydrogen-bond acceptors (Lipinski definition) is 3. The fourth-order valence-electron chi connectivity index (χ4n) is 1.17. The van der Waals surface area contributed by atoms with Crippen LogP contribution in [0, 0.1) is 12.3 Å². The molecule has 0 aromatic heterocycles. The van der Waals surface area contributed by atoms with Gasteiger partial charge >= 0.3 is 0 Å². The van der Waals surface area contributed by atoms with E-state index in [1.165, 1.54) is 12.1 Å². The summed E-state index contributed by atoms with van der Waals surface area (Å²) in [6, 6.07) is 7.70. The van der Waals surface area contributed by atoms with Crippen LogP contribution in [0.3, 0.4) is 0 Å². The minimum Gasteiger partial charge on any atom is -0.274 e. The first-order chi connectivity index (χ1) is 7.50. The topological polar surface area (TPSA) is 54.5 Å². The Balaban J connectivity index is 3.20. The highest BCUT2D eigenvalue weighted by molar-refractivity contribution is 7.89. The number of sulfonamides is 1. The van der Waals surface area contributed by atoms with Crippen LogP contribution in [0.4, 0.5) is 0 Å². The largest absolute Gasteiger partial charge is 0.274 e. The van der Waals surface area contributed by atoms with Crippen molar-refractivity contribution in [1.82, 2.24) is 4.31 Å². The zero-order valence-corrected chi connectivity index (χ0v) is 9.57. The Bertz CT molecular complexity index is 514. The molecule has 0 aliphatic rings. The Morgan fingerprint density at radius 1 is 1.38 bits per heavy atom. The molecule has 1 rings (SSSR count). The van der Waals surface area contributed by atoms with E-state index in [1.54, 1.807) is 18.2 Å². The van der Waals surface area contributed by atoms with E-state index in [4.69, 9.17) is 6.42 Å². The molecule has 4 nitrogen and oxygen atoms in total. The molecule has 0 unspecified atom stereocenters. The van der Waals surface area contributed by atoms with Gasteiger partial charge in [0.1, 0.15) is 0 Å². The van der Waals surface area contributed by atoms with Crippen LogP contribution in [0.1, 0.15) is 6.92 Å². The Kier molecular flexibility index (Phi) is 3.69. The lowest BCUT2D eigenvalue weighted by atomic mass is 10.4. The van der Waals surface area contributed by atoms with E-state index < -0.39 is 15.9 Å². The van der Waals surface area contributed by atoms with Gasteiger partial charge < -0.3 is 0 Å². The maximum atomic E-state index is 12.0. The predicted molar refractivity (Wildman–Crippen MR) is 59.8 cm³/mol. The van der Waals surface area contributed by atoms with Crippen LogP contribution in [0.2, 0.25) is 0 Å². The molecule has 0 saturated heterocycles. The summed E-state index contributed by atoms with van der Waals surface area (Å²) in [6.07, 6.45) is 5.03. The van der Waals surface area contributed by atoms with E-state index in [9.17, 15) is 13.2 Å². The molecule has 1 aromatic carbocycles. The first kappa shape index (κ1) is 12.3. The number of carbonyl (C=O) groups is 1. The van der Waals surface area contributed by atoms with Gasteiger partial charge in [0.05, 0.1) is 11.4 Å². The fraction of sp³-hybridized carbons (Fsp3) is 0.182. The van der Waals surface area contributed by atoms with Gasteiger partial charge in [-0.25, -0.2) is 12.7 Å². The third-order valence-electron chi connectivity index (χ3n) is 1.92. The second-order valence-corrected chi connectivity index (χ2v) is 4.91. The van der Waals surface area contributed by atoms with E-state index >= 15 is 0 Å². The molecule has 16 heavy (non-hydrogen) atoms. The molecule has 0 atom stereocenters. The molecule has 0 aliphatic carbocycles. The van der Waals surface area contributed by atoms with Crippen molar-refractivity contribution >= 4 is 15.9 Å². The second-order valence-electron chi connectivity index (χ2n) is 3.05. The monoisotopic (exact) mass is 237 g/mol. The number of hydrogen-bond donors (Lipinski definition) is 0. The summed E-state index contributed by atoms with van der Waals surface area (Å²) in [6.45, 7) is 0.907. The lowest BCUT2D eigenvalue weighted by Gasteiger charge is -2.18. The highest BCUT2D eigenvalue weighted by atomic mass is 32.2. The Morgan fingerprint density at radius 3 is 2.38 bits per heavy atom. The Labute approximate surface area is 94.9 Å². The van der Waals surface area contributed by atoms with Crippen molar-refractivity contribution in [3.8, 4) is 12.3 Å². The van der Waals surface area contributed by atoms with Crippen molar-refractivity contribution in [1.29, 1.82) is 0 Å². The van der Waals surface area contributed by atoms with Crippen molar-refractivity contribution in [3.63, 3.8) is 0 Å². The number of rotatable bonds is 3. The summed E-state index contributed by atoms with van der Waals surface area (Å²) in [7, 11) is -3.82. The van der Waals surface area contributed by atoms with E-state index in [1.807, 2.05) is 0 Å². The highest BCUT2D eigenvalue weighted by Gasteiger charge is 2.25. The standard InChI is InChI=1S/C11H11NO3S/c1-3-9-12(10(2)13)16(14,15)11-7-5-4-6-8-11/h1,4-8H,9H2,2H3. The van der Waals surface area contributed by atoms with Gasteiger partial charge in [-0.2, -0.15) is 0 Å². The summed E-state index contributed by atoms with van der Waals surface area (Å²) < 4.78 is 24.6. The van der Waals surface area contributed by atoms with Gasteiger partial charge in [-0.3, -0.25) is 4.79 Å². The van der Waals surface area contributed by atoms with Crippen LogP contribution >= 0.6 is 0 Å². The minimum atomic E-state index is -3.82. The maximum Gasteiger partial charge on any atom is 0.267 e. The van der Waals surface area contributed by atoms with Gasteiger partial charge in [-0.05, 0) is 12.1 Å². The zero-order chi connectivity index (χ0) is 12.2. The molecule has 0 heterocycles. The third-order valence-corrected chi connectivity index (χ3v) is 3.75. The fourth-order valence-corrected chi connectivity index (χ4v) is 2.51. The third kappa shape index (κ3) is 2.41. The van der Waals surface area contributed by atoms with Gasteiger partial charge in [0.2, 0.25) is 5.91 Å². The average molecular weight is 237 g/mol. The van der Waals surface area contributed by atoms with Crippen LogP contribution in [-0.4, -0.2) is 25.2 Å². The molecule has 0 N–H and O–H groups in total. The van der Waals surface area contributed by atoms with Crippen LogP contribution in [-0.2, 0) is 14.8 Å². The molecule has 84 valence electrons. The smallest absolute Gasteiger partial charge is 0.267 e. The second kappa shape index (κ2) is 4.81. The number of amides is 1. The lowest BCUT2D eigenvalue weighted by molar-refractivity contribution is -0.123. The van der Waals surface area contributed by atoms with E-state index in [0.717, 1.165) is 6.92 Å². The minimum absolute atomic E-state index is 0.0560. The van der Waals surface area contributed by atoms with E-state index in [2.05, 4.69) is 5.92 Å². The van der Waals surface area contributed by atoms with Gasteiger partial charge in [0, 0.05) is 6.92 Å². The molecule has 5 heteroatoms. The zero-order valence-electron chi connectivity index (χ0n) is 8.75. The summed E-state index contributed by atoms with van der Waals surface area (Å²) in [4.78, 5) is 11.3. The SMILES string of the molecule is C#CCN(C(C)=O)S(=O)(=O)c1ccccc1. The quantitative estimate of drug-likeness (QED) is 0.732. The molecule has 1 aromatic rings. The molecular weight excluding hydrogens is 226 g/mol. The molecular formula is C11H11NO3S. The van der Waals surface area contributed by atoms with Crippen LogP contribution in [0.5, 0.6) is 0 Å². The molecule has 1 amide bonds. The summed E-state index contributed by atoms with van der Waals surface area (Å²) in [5, 5.41) is 0. The number of benzene rings is 1. The molecule has 0 aliphatic heterocycles. The normalized spacial score (nSPS) is 10.5. The molecule has 0 bridgehead atoms. The van der Waals surface area contributed by atoms with Gasteiger partial charge in [0.25, 0.3) is 10.0 Å². The van der Waals surface area contributed by atoms with Crippen LogP contribution in [0.15, 0.2) is 35.2 Å². The maximum absolute atomic E-state index is 12.0. The average Bonchev–Trinajstić information content (AvgIpc) is 2.26. The van der Waals surface area contributed by atoms with E-state index in [0.29, 0.717) is 4.31 Å². The van der Waals surface area contributed by atoms with Gasteiger partial charge in [-0.1, -0.05) is 24.1 Å². The summed E-state index contributed by atoms with van der Waals surface area (Å²) in [5.74, 6) is 1.56. The molecule has 0 spiro atoms.